The molecule has 1 atom stereocenters. The number of fused-ring (bicyclic) bond motifs is 1. The highest BCUT2D eigenvalue weighted by Crippen LogP contribution is 2.40. The molecule has 0 saturated carbocycles. The Morgan fingerprint density at radius 1 is 1.13 bits per heavy atom. The Morgan fingerprint density at radius 3 is 2.40 bits per heavy atom. The molecule has 3 rings (SSSR count). The van der Waals surface area contributed by atoms with Crippen LogP contribution in [-0.4, -0.2) is 23.3 Å². The van der Waals surface area contributed by atoms with Gasteiger partial charge in [0.2, 0.25) is 0 Å². The lowest BCUT2D eigenvalue weighted by Crippen LogP contribution is -2.15. The van der Waals surface area contributed by atoms with Gasteiger partial charge in [-0.25, -0.2) is 9.97 Å². The van der Waals surface area contributed by atoms with Crippen molar-refractivity contribution in [3.8, 4) is 0 Å². The van der Waals surface area contributed by atoms with Gasteiger partial charge in [-0.3, -0.25) is 0 Å². The third-order valence-electron chi connectivity index (χ3n) is 4.96. The van der Waals surface area contributed by atoms with Crippen LogP contribution in [0.25, 0.3) is 10.9 Å². The lowest BCUT2D eigenvalue weighted by molar-refractivity contribution is -0.138. The van der Waals surface area contributed by atoms with Crippen LogP contribution in [-0.2, 0) is 10.7 Å². The van der Waals surface area contributed by atoms with Crippen molar-refractivity contribution in [1.82, 2.24) is 9.97 Å². The first-order chi connectivity index (χ1) is 13.8. The molecule has 4 nitrogen and oxygen atoms in total. The zero-order chi connectivity index (χ0) is 22.4. The van der Waals surface area contributed by atoms with E-state index < -0.39 is 24.9 Å². The summed E-state index contributed by atoms with van der Waals surface area (Å²) in [6, 6.07) is 7.33. The van der Waals surface area contributed by atoms with E-state index in [-0.39, 0.29) is 5.56 Å². The minimum atomic E-state index is -4.41. The second kappa shape index (κ2) is 7.97. The van der Waals surface area contributed by atoms with Crippen molar-refractivity contribution in [3.05, 3.63) is 57.3 Å². The van der Waals surface area contributed by atoms with Gasteiger partial charge in [0.15, 0.2) is 0 Å². The van der Waals surface area contributed by atoms with Crippen LogP contribution in [0.5, 0.6) is 0 Å². The summed E-state index contributed by atoms with van der Waals surface area (Å²) >= 11 is 3.48. The molecular weight excluding hydrogens is 478 g/mol. The fraction of sp³-hybridized carbons (Fsp3) is 0.333. The lowest BCUT2D eigenvalue weighted by Gasteiger charge is -2.21. The summed E-state index contributed by atoms with van der Waals surface area (Å²) in [5.41, 5.74) is 0.699. The number of anilines is 1. The van der Waals surface area contributed by atoms with Gasteiger partial charge in [-0.15, -0.1) is 0 Å². The van der Waals surface area contributed by atoms with Crippen LogP contribution >= 0.6 is 23.1 Å². The quantitative estimate of drug-likeness (QED) is 0.419. The smallest absolute Gasteiger partial charge is 0.363 e. The lowest BCUT2D eigenvalue weighted by atomic mass is 9.97. The van der Waals surface area contributed by atoms with Crippen LogP contribution in [0.2, 0.25) is 0 Å². The molecule has 0 aliphatic carbocycles. The van der Waals surface area contributed by atoms with Crippen LogP contribution < -0.4 is 10.6 Å². The van der Waals surface area contributed by atoms with Gasteiger partial charge in [-0.2, -0.15) is 13.2 Å². The van der Waals surface area contributed by atoms with Gasteiger partial charge in [0.1, 0.15) is 18.8 Å². The van der Waals surface area contributed by atoms with Crippen molar-refractivity contribution < 1.29 is 17.7 Å². The first-order valence-electron chi connectivity index (χ1n) is 9.25. The predicted octanol–water partition coefficient (Wildman–Crippen LogP) is 6.45. The van der Waals surface area contributed by atoms with Crippen molar-refractivity contribution in [2.75, 3.05) is 18.6 Å². The molecule has 9 heteroatoms. The number of hydrogen-bond acceptors (Lipinski definition) is 4. The maximum absolute atomic E-state index is 13.3. The summed E-state index contributed by atoms with van der Waals surface area (Å²) in [4.78, 5) is 8.92. The fourth-order valence-corrected chi connectivity index (χ4v) is 6.13. The Bertz CT molecular complexity index is 1170. The Kier molecular flexibility index (Phi) is 6.04. The van der Waals surface area contributed by atoms with Crippen molar-refractivity contribution in [2.24, 2.45) is 0 Å². The molecule has 30 heavy (non-hydrogen) atoms. The zero-order valence-corrected chi connectivity index (χ0v) is 19.7. The SMILES string of the molecule is Cc1nc(N[C@H](C)c2cccc(C(F)(F)F)c2C)c2cc(Br)c(P(C)(C)=O)cc2n1. The minimum absolute atomic E-state index is 0.182. The molecule has 3 aromatic rings. The molecule has 0 unspecified atom stereocenters. The van der Waals surface area contributed by atoms with Gasteiger partial charge in [-0.1, -0.05) is 12.1 Å². The molecular formula is C21H22BrF3N3OP. The fourth-order valence-electron chi connectivity index (χ4n) is 3.49. The zero-order valence-electron chi connectivity index (χ0n) is 17.2. The normalized spacial score (nSPS) is 13.5. The van der Waals surface area contributed by atoms with Crippen LogP contribution in [0.3, 0.4) is 0 Å². The first-order valence-corrected chi connectivity index (χ1v) is 12.6. The standard InChI is InChI=1S/C21H22BrF3N3OP/c1-11-14(7-6-8-16(11)21(23,24)25)12(2)26-20-15-9-17(22)19(30(4,5)29)10-18(15)27-13(3)28-20/h6-10,12H,1-5H3,(H,26,27,28)/t12-/m1/s1. The topological polar surface area (TPSA) is 54.9 Å². The molecule has 1 N–H and O–H groups in total. The van der Waals surface area contributed by atoms with E-state index in [0.29, 0.717) is 37.9 Å². The second-order valence-corrected chi connectivity index (χ2v) is 11.7. The summed E-state index contributed by atoms with van der Waals surface area (Å²) in [6.07, 6.45) is -4.41. The monoisotopic (exact) mass is 499 g/mol. The van der Waals surface area contributed by atoms with E-state index in [4.69, 9.17) is 0 Å². The van der Waals surface area contributed by atoms with Crippen molar-refractivity contribution in [2.45, 2.75) is 33.0 Å². The van der Waals surface area contributed by atoms with E-state index >= 15 is 0 Å². The summed E-state index contributed by atoms with van der Waals surface area (Å²) in [5.74, 6) is 1.02. The molecule has 0 spiro atoms. The average Bonchev–Trinajstić information content (AvgIpc) is 2.60. The number of aromatic nitrogens is 2. The first kappa shape index (κ1) is 22.8. The Morgan fingerprint density at radius 2 is 1.80 bits per heavy atom. The highest BCUT2D eigenvalue weighted by Gasteiger charge is 2.33. The van der Waals surface area contributed by atoms with E-state index in [1.165, 1.54) is 13.0 Å². The number of nitrogens with one attached hydrogen (secondary N) is 1. The summed E-state index contributed by atoms with van der Waals surface area (Å²) in [5, 5.41) is 4.62. The van der Waals surface area contributed by atoms with Gasteiger partial charge in [0.25, 0.3) is 0 Å². The van der Waals surface area contributed by atoms with Gasteiger partial charge in [-0.05, 0) is 79.4 Å². The Balaban J connectivity index is 2.08. The summed E-state index contributed by atoms with van der Waals surface area (Å²) < 4.78 is 53.1. The third-order valence-corrected chi connectivity index (χ3v) is 7.45. The highest BCUT2D eigenvalue weighted by molar-refractivity contribution is 9.10. The highest BCUT2D eigenvalue weighted by atomic mass is 79.9. The number of rotatable bonds is 4. The van der Waals surface area contributed by atoms with Gasteiger partial charge >= 0.3 is 6.18 Å². The number of alkyl halides is 3. The van der Waals surface area contributed by atoms with E-state index in [1.54, 1.807) is 45.4 Å². The second-order valence-electron chi connectivity index (χ2n) is 7.67. The minimum Gasteiger partial charge on any atom is -0.363 e. The molecule has 0 fully saturated rings. The molecule has 0 aliphatic rings. The van der Waals surface area contributed by atoms with Crippen LogP contribution in [0, 0.1) is 13.8 Å². The molecule has 1 aromatic heterocycles. The van der Waals surface area contributed by atoms with Crippen molar-refractivity contribution >= 4 is 45.1 Å². The third kappa shape index (κ3) is 4.54. The van der Waals surface area contributed by atoms with Crippen LogP contribution in [0.15, 0.2) is 34.8 Å². The van der Waals surface area contributed by atoms with Gasteiger partial charge < -0.3 is 9.88 Å². The van der Waals surface area contributed by atoms with E-state index in [1.807, 2.05) is 0 Å². The number of halogens is 4. The van der Waals surface area contributed by atoms with E-state index in [2.05, 4.69) is 31.2 Å². The molecule has 0 amide bonds. The molecule has 0 aliphatic heterocycles. The average molecular weight is 500 g/mol. The van der Waals surface area contributed by atoms with E-state index in [0.717, 1.165) is 6.07 Å². The number of hydrogen-bond donors (Lipinski definition) is 1. The summed E-state index contributed by atoms with van der Waals surface area (Å²) in [7, 11) is -2.53. The molecule has 1 heterocycles. The Labute approximate surface area is 181 Å². The molecule has 0 saturated heterocycles. The molecule has 0 bridgehead atoms. The number of benzene rings is 2. The van der Waals surface area contributed by atoms with E-state index in [9.17, 15) is 17.7 Å². The molecule has 160 valence electrons. The van der Waals surface area contributed by atoms with Gasteiger partial charge in [0, 0.05) is 15.2 Å². The maximum Gasteiger partial charge on any atom is 0.416 e. The van der Waals surface area contributed by atoms with Gasteiger partial charge in [0.05, 0.1) is 17.1 Å². The van der Waals surface area contributed by atoms with Crippen molar-refractivity contribution in [3.63, 3.8) is 0 Å². The Hall–Kier alpha value is -1.92. The van der Waals surface area contributed by atoms with Crippen LogP contribution in [0.4, 0.5) is 19.0 Å². The molecule has 2 aromatic carbocycles. The summed E-state index contributed by atoms with van der Waals surface area (Å²) in [6.45, 7) is 8.38. The largest absolute Gasteiger partial charge is 0.416 e. The molecule has 0 radical (unpaired) electrons. The maximum atomic E-state index is 13.3. The van der Waals surface area contributed by atoms with Crippen LogP contribution in [0.1, 0.15) is 35.5 Å². The van der Waals surface area contributed by atoms with Crippen molar-refractivity contribution in [1.29, 1.82) is 0 Å². The number of nitrogens with zero attached hydrogens (tertiary/aromatic N) is 2. The number of aryl methyl sites for hydroxylation is 1. The predicted molar refractivity (Wildman–Crippen MR) is 119 cm³/mol.